The number of fused-ring (bicyclic) bond motifs is 1. The van der Waals surface area contributed by atoms with E-state index in [0.717, 1.165) is 23.3 Å². The summed E-state index contributed by atoms with van der Waals surface area (Å²) in [4.78, 5) is 14.8. The topological polar surface area (TPSA) is 38.8 Å². The van der Waals surface area contributed by atoms with Crippen LogP contribution in [0, 0.1) is 0 Å². The number of rotatable bonds is 2. The van der Waals surface area contributed by atoms with Gasteiger partial charge in [0.2, 0.25) is 0 Å². The minimum absolute atomic E-state index is 0.0212. The number of benzene rings is 2. The number of halogens is 2. The summed E-state index contributed by atoms with van der Waals surface area (Å²) in [6.45, 7) is 2.14. The van der Waals surface area contributed by atoms with E-state index < -0.39 is 0 Å². The molecule has 0 bridgehead atoms. The molecule has 0 saturated carbocycles. The molecule has 2 aromatic carbocycles. The normalized spacial score (nSPS) is 19.4. The average Bonchev–Trinajstić information content (AvgIpc) is 3.12. The Balaban J connectivity index is 1.56. The van der Waals surface area contributed by atoms with Crippen LogP contribution in [0.4, 0.5) is 0 Å². The highest BCUT2D eigenvalue weighted by Crippen LogP contribution is 2.33. The molecule has 2 aromatic rings. The van der Waals surface area contributed by atoms with Crippen LogP contribution in [0.15, 0.2) is 36.4 Å². The van der Waals surface area contributed by atoms with E-state index in [2.05, 4.69) is 0 Å². The summed E-state index contributed by atoms with van der Waals surface area (Å²) in [5.74, 6) is 0.706. The lowest BCUT2D eigenvalue weighted by molar-refractivity contribution is -0.0229. The van der Waals surface area contributed by atoms with Gasteiger partial charge < -0.3 is 14.4 Å². The highest BCUT2D eigenvalue weighted by Gasteiger charge is 2.29. The number of hydrogen-bond donors (Lipinski definition) is 0. The van der Waals surface area contributed by atoms with Gasteiger partial charge in [0.25, 0.3) is 5.91 Å². The lowest BCUT2D eigenvalue weighted by Crippen LogP contribution is -2.42. The first-order valence-electron chi connectivity index (χ1n) is 8.24. The molecule has 0 N–H and O–H groups in total. The molecule has 1 atom stereocenters. The van der Waals surface area contributed by atoms with Crippen LogP contribution in [0.1, 0.15) is 27.6 Å². The van der Waals surface area contributed by atoms with Crippen molar-refractivity contribution >= 4 is 29.1 Å². The molecule has 0 radical (unpaired) electrons. The molecule has 6 heteroatoms. The van der Waals surface area contributed by atoms with Crippen LogP contribution in [0.2, 0.25) is 10.0 Å². The van der Waals surface area contributed by atoms with Gasteiger partial charge in [-0.05, 0) is 29.3 Å². The number of morpholine rings is 1. The second kappa shape index (κ2) is 6.87. The van der Waals surface area contributed by atoms with Crippen molar-refractivity contribution in [3.8, 4) is 5.75 Å². The van der Waals surface area contributed by atoms with Gasteiger partial charge in [0, 0.05) is 13.0 Å². The predicted octanol–water partition coefficient (Wildman–Crippen LogP) is 4.14. The third kappa shape index (κ3) is 3.22. The highest BCUT2D eigenvalue weighted by molar-refractivity contribution is 6.42. The molecule has 1 fully saturated rings. The second-order valence-electron chi connectivity index (χ2n) is 6.18. The van der Waals surface area contributed by atoms with E-state index in [1.165, 1.54) is 0 Å². The summed E-state index contributed by atoms with van der Waals surface area (Å²) in [6, 6.07) is 11.2. The lowest BCUT2D eigenvalue weighted by atomic mass is 10.0. The van der Waals surface area contributed by atoms with Gasteiger partial charge in [0.15, 0.2) is 0 Å². The lowest BCUT2D eigenvalue weighted by Gasteiger charge is -2.33. The van der Waals surface area contributed by atoms with Crippen LogP contribution >= 0.6 is 23.2 Å². The maximum Gasteiger partial charge on any atom is 0.257 e. The van der Waals surface area contributed by atoms with Gasteiger partial charge in [0.05, 0.1) is 35.4 Å². The fourth-order valence-corrected chi connectivity index (χ4v) is 3.61. The minimum atomic E-state index is -0.217. The van der Waals surface area contributed by atoms with E-state index in [9.17, 15) is 4.79 Å². The molecule has 0 unspecified atom stereocenters. The van der Waals surface area contributed by atoms with Crippen molar-refractivity contribution < 1.29 is 14.3 Å². The second-order valence-corrected chi connectivity index (χ2v) is 6.99. The van der Waals surface area contributed by atoms with Crippen molar-refractivity contribution in [1.82, 2.24) is 4.90 Å². The summed E-state index contributed by atoms with van der Waals surface area (Å²) >= 11 is 12.1. The molecular weight excluding hydrogens is 361 g/mol. The van der Waals surface area contributed by atoms with Crippen LogP contribution in [0.3, 0.4) is 0 Å². The molecule has 0 aliphatic carbocycles. The van der Waals surface area contributed by atoms with Crippen LogP contribution in [-0.4, -0.2) is 37.1 Å². The molecule has 25 heavy (non-hydrogen) atoms. The summed E-state index contributed by atoms with van der Waals surface area (Å²) < 4.78 is 11.5. The van der Waals surface area contributed by atoms with Gasteiger partial charge in [-0.2, -0.15) is 0 Å². The van der Waals surface area contributed by atoms with E-state index in [0.29, 0.717) is 41.9 Å². The van der Waals surface area contributed by atoms with Crippen molar-refractivity contribution in [3.05, 3.63) is 63.1 Å². The first-order chi connectivity index (χ1) is 12.1. The van der Waals surface area contributed by atoms with E-state index in [4.69, 9.17) is 32.7 Å². The Bertz CT molecular complexity index is 824. The predicted molar refractivity (Wildman–Crippen MR) is 96.7 cm³/mol. The molecule has 4 nitrogen and oxygen atoms in total. The molecule has 0 aromatic heterocycles. The monoisotopic (exact) mass is 377 g/mol. The van der Waals surface area contributed by atoms with Crippen molar-refractivity contribution in [2.45, 2.75) is 12.5 Å². The zero-order valence-corrected chi connectivity index (χ0v) is 15.0. The Hall–Kier alpha value is -1.75. The van der Waals surface area contributed by atoms with Crippen molar-refractivity contribution in [2.24, 2.45) is 0 Å². The number of nitrogens with zero attached hydrogens (tertiary/aromatic N) is 1. The minimum Gasteiger partial charge on any atom is -0.492 e. The van der Waals surface area contributed by atoms with Gasteiger partial charge >= 0.3 is 0 Å². The Labute approximate surface area is 156 Å². The molecule has 1 amide bonds. The van der Waals surface area contributed by atoms with Crippen molar-refractivity contribution in [3.63, 3.8) is 0 Å². The largest absolute Gasteiger partial charge is 0.492 e. The fourth-order valence-electron chi connectivity index (χ4n) is 3.30. The first-order valence-corrected chi connectivity index (χ1v) is 8.99. The SMILES string of the molecule is O=C(c1cccc2c1OCC2)N1CCO[C@H](c2ccc(Cl)c(Cl)c2)C1. The summed E-state index contributed by atoms with van der Waals surface area (Å²) in [5.41, 5.74) is 2.64. The molecule has 2 heterocycles. The Morgan fingerprint density at radius 3 is 2.84 bits per heavy atom. The van der Waals surface area contributed by atoms with E-state index in [1.54, 1.807) is 12.1 Å². The molecule has 2 aliphatic heterocycles. The van der Waals surface area contributed by atoms with Crippen LogP contribution in [0.25, 0.3) is 0 Å². The highest BCUT2D eigenvalue weighted by atomic mass is 35.5. The molecule has 130 valence electrons. The van der Waals surface area contributed by atoms with Crippen molar-refractivity contribution in [2.75, 3.05) is 26.3 Å². The number of hydrogen-bond acceptors (Lipinski definition) is 3. The van der Waals surface area contributed by atoms with Gasteiger partial charge in [0.1, 0.15) is 11.9 Å². The molecule has 4 rings (SSSR count). The zero-order chi connectivity index (χ0) is 17.4. The third-order valence-electron chi connectivity index (χ3n) is 4.61. The average molecular weight is 378 g/mol. The number of ether oxygens (including phenoxy) is 2. The smallest absolute Gasteiger partial charge is 0.257 e. The molecule has 1 saturated heterocycles. The van der Waals surface area contributed by atoms with Crippen LogP contribution in [-0.2, 0) is 11.2 Å². The summed E-state index contributed by atoms with van der Waals surface area (Å²) in [6.07, 6.45) is 0.635. The Morgan fingerprint density at radius 1 is 1.12 bits per heavy atom. The Kier molecular flexibility index (Phi) is 4.59. The maximum absolute atomic E-state index is 13.0. The molecular formula is C19H17Cl2NO3. The number of carbonyl (C=O) groups is 1. The maximum atomic E-state index is 13.0. The number of carbonyl (C=O) groups excluding carboxylic acids is 1. The van der Waals surface area contributed by atoms with E-state index >= 15 is 0 Å². The number of amides is 1. The summed E-state index contributed by atoms with van der Waals surface area (Å²) in [7, 11) is 0. The van der Waals surface area contributed by atoms with Gasteiger partial charge in [-0.1, -0.05) is 41.4 Å². The van der Waals surface area contributed by atoms with E-state index in [-0.39, 0.29) is 12.0 Å². The van der Waals surface area contributed by atoms with E-state index in [1.807, 2.05) is 29.2 Å². The van der Waals surface area contributed by atoms with Gasteiger partial charge in [-0.15, -0.1) is 0 Å². The van der Waals surface area contributed by atoms with Crippen molar-refractivity contribution in [1.29, 1.82) is 0 Å². The number of para-hydroxylation sites is 1. The summed E-state index contributed by atoms with van der Waals surface area (Å²) in [5, 5.41) is 0.992. The Morgan fingerprint density at radius 2 is 2.00 bits per heavy atom. The standard InChI is InChI=1S/C19H17Cl2NO3/c20-15-5-4-13(10-16(15)21)17-11-22(7-9-24-17)19(23)14-3-1-2-12-6-8-25-18(12)14/h1-5,10,17H,6-9,11H2/t17-/m0/s1. The quantitative estimate of drug-likeness (QED) is 0.789. The van der Waals surface area contributed by atoms with Crippen LogP contribution in [0.5, 0.6) is 5.75 Å². The zero-order valence-electron chi connectivity index (χ0n) is 13.5. The fraction of sp³-hybridized carbons (Fsp3) is 0.316. The van der Waals surface area contributed by atoms with Gasteiger partial charge in [-0.3, -0.25) is 4.79 Å². The molecule has 0 spiro atoms. The molecule has 2 aliphatic rings. The first kappa shape index (κ1) is 16.7. The third-order valence-corrected chi connectivity index (χ3v) is 5.35. The van der Waals surface area contributed by atoms with Gasteiger partial charge in [-0.25, -0.2) is 0 Å². The van der Waals surface area contributed by atoms with Crippen LogP contribution < -0.4 is 4.74 Å².